The zero-order chi connectivity index (χ0) is 17.9. The normalized spacial score (nSPS) is 20.2. The van der Waals surface area contributed by atoms with E-state index in [4.69, 9.17) is 4.74 Å². The van der Waals surface area contributed by atoms with Crippen LogP contribution in [-0.4, -0.2) is 39.3 Å². The Morgan fingerprint density at radius 3 is 2.76 bits per heavy atom. The number of benzene rings is 1. The zero-order valence-corrected chi connectivity index (χ0v) is 14.7. The third-order valence-electron chi connectivity index (χ3n) is 4.95. The van der Waals surface area contributed by atoms with Crippen molar-refractivity contribution < 1.29 is 13.9 Å². The standard InChI is InChI=1S/C19H24FN3O2/c1-19(12-15-4-6-16(20)7-5-15)9-3-11-23(19)18(24)14-25-13-17-8-10-21-22(17)2/h4-8,10H,3,9,11-14H2,1-2H3. The number of carbonyl (C=O) groups is 1. The zero-order valence-electron chi connectivity index (χ0n) is 14.7. The average Bonchev–Trinajstić information content (AvgIpc) is 3.16. The fourth-order valence-corrected chi connectivity index (χ4v) is 3.54. The predicted molar refractivity (Wildman–Crippen MR) is 92.3 cm³/mol. The molecule has 3 rings (SSSR count). The van der Waals surface area contributed by atoms with Crippen LogP contribution in [0.15, 0.2) is 36.5 Å². The molecular formula is C19H24FN3O2. The maximum absolute atomic E-state index is 13.1. The molecule has 1 saturated heterocycles. The molecule has 1 aromatic heterocycles. The van der Waals surface area contributed by atoms with Crippen molar-refractivity contribution in [2.45, 2.75) is 38.3 Å². The molecule has 134 valence electrons. The van der Waals surface area contributed by atoms with Gasteiger partial charge in [0.05, 0.1) is 12.3 Å². The van der Waals surface area contributed by atoms with E-state index >= 15 is 0 Å². The number of likely N-dealkylation sites (tertiary alicyclic amines) is 1. The lowest BCUT2D eigenvalue weighted by Gasteiger charge is -2.35. The Morgan fingerprint density at radius 1 is 1.32 bits per heavy atom. The fraction of sp³-hybridized carbons (Fsp3) is 0.474. The molecule has 0 aliphatic carbocycles. The van der Waals surface area contributed by atoms with Gasteiger partial charge >= 0.3 is 0 Å². The molecule has 0 bridgehead atoms. The fourth-order valence-electron chi connectivity index (χ4n) is 3.54. The van der Waals surface area contributed by atoms with Gasteiger partial charge in [0.25, 0.3) is 0 Å². The van der Waals surface area contributed by atoms with E-state index in [1.54, 1.807) is 23.0 Å². The molecule has 1 fully saturated rings. The molecule has 1 aliphatic rings. The molecule has 2 aromatic rings. The Bertz CT molecular complexity index is 729. The maximum atomic E-state index is 13.1. The summed E-state index contributed by atoms with van der Waals surface area (Å²) >= 11 is 0. The maximum Gasteiger partial charge on any atom is 0.249 e. The summed E-state index contributed by atoms with van der Waals surface area (Å²) in [4.78, 5) is 14.6. The van der Waals surface area contributed by atoms with Crippen LogP contribution in [0.25, 0.3) is 0 Å². The van der Waals surface area contributed by atoms with Crippen molar-refractivity contribution in [3.05, 3.63) is 53.6 Å². The molecule has 0 saturated carbocycles. The van der Waals surface area contributed by atoms with Gasteiger partial charge in [-0.3, -0.25) is 9.48 Å². The van der Waals surface area contributed by atoms with Crippen molar-refractivity contribution in [2.24, 2.45) is 7.05 Å². The number of carbonyl (C=O) groups excluding carboxylic acids is 1. The topological polar surface area (TPSA) is 47.4 Å². The second kappa shape index (κ2) is 7.35. The third kappa shape index (κ3) is 4.07. The van der Waals surface area contributed by atoms with Crippen molar-refractivity contribution in [1.29, 1.82) is 0 Å². The lowest BCUT2D eigenvalue weighted by atomic mass is 9.90. The number of aryl methyl sites for hydroxylation is 1. The number of halogens is 1. The first-order valence-electron chi connectivity index (χ1n) is 8.57. The van der Waals surface area contributed by atoms with Gasteiger partial charge in [0.15, 0.2) is 0 Å². The molecule has 25 heavy (non-hydrogen) atoms. The number of hydrogen-bond acceptors (Lipinski definition) is 3. The van der Waals surface area contributed by atoms with Gasteiger partial charge in [-0.2, -0.15) is 5.10 Å². The summed E-state index contributed by atoms with van der Waals surface area (Å²) in [6.07, 6.45) is 4.35. The highest BCUT2D eigenvalue weighted by Gasteiger charge is 2.39. The van der Waals surface area contributed by atoms with E-state index < -0.39 is 0 Å². The molecule has 0 spiro atoms. The monoisotopic (exact) mass is 345 g/mol. The van der Waals surface area contributed by atoms with Gasteiger partial charge < -0.3 is 9.64 Å². The molecular weight excluding hydrogens is 321 g/mol. The molecule has 1 aromatic carbocycles. The van der Waals surface area contributed by atoms with Crippen molar-refractivity contribution in [3.63, 3.8) is 0 Å². The highest BCUT2D eigenvalue weighted by atomic mass is 19.1. The average molecular weight is 345 g/mol. The highest BCUT2D eigenvalue weighted by Crippen LogP contribution is 2.32. The van der Waals surface area contributed by atoms with Crippen LogP contribution in [0.2, 0.25) is 0 Å². The first kappa shape index (κ1) is 17.6. The van der Waals surface area contributed by atoms with E-state index in [9.17, 15) is 9.18 Å². The predicted octanol–water partition coefficient (Wildman–Crippen LogP) is 2.70. The molecule has 2 heterocycles. The number of amides is 1. The van der Waals surface area contributed by atoms with E-state index in [1.165, 1.54) is 12.1 Å². The van der Waals surface area contributed by atoms with Crippen LogP contribution in [0.5, 0.6) is 0 Å². The number of nitrogens with zero attached hydrogens (tertiary/aromatic N) is 3. The molecule has 0 N–H and O–H groups in total. The minimum Gasteiger partial charge on any atom is -0.365 e. The molecule has 1 amide bonds. The summed E-state index contributed by atoms with van der Waals surface area (Å²) in [6.45, 7) is 3.27. The van der Waals surface area contributed by atoms with Crippen LogP contribution in [0.1, 0.15) is 31.0 Å². The summed E-state index contributed by atoms with van der Waals surface area (Å²) in [5, 5.41) is 4.08. The number of rotatable bonds is 6. The van der Waals surface area contributed by atoms with Crippen LogP contribution >= 0.6 is 0 Å². The van der Waals surface area contributed by atoms with Crippen LogP contribution in [0, 0.1) is 5.82 Å². The second-order valence-corrected chi connectivity index (χ2v) is 6.89. The number of ether oxygens (including phenoxy) is 1. The molecule has 1 atom stereocenters. The van der Waals surface area contributed by atoms with Crippen molar-refractivity contribution in [2.75, 3.05) is 13.2 Å². The quantitative estimate of drug-likeness (QED) is 0.809. The summed E-state index contributed by atoms with van der Waals surface area (Å²) < 4.78 is 20.4. The number of aromatic nitrogens is 2. The van der Waals surface area contributed by atoms with Gasteiger partial charge in [-0.25, -0.2) is 4.39 Å². The van der Waals surface area contributed by atoms with Crippen LogP contribution in [0.4, 0.5) is 4.39 Å². The van der Waals surface area contributed by atoms with E-state index in [2.05, 4.69) is 12.0 Å². The van der Waals surface area contributed by atoms with Gasteiger partial charge in [-0.05, 0) is 49.9 Å². The Balaban J connectivity index is 1.58. The van der Waals surface area contributed by atoms with Crippen molar-refractivity contribution >= 4 is 5.91 Å². The second-order valence-electron chi connectivity index (χ2n) is 6.89. The molecule has 5 nitrogen and oxygen atoms in total. The highest BCUT2D eigenvalue weighted by molar-refractivity contribution is 5.78. The molecule has 1 unspecified atom stereocenters. The molecule has 0 radical (unpaired) electrons. The lowest BCUT2D eigenvalue weighted by molar-refractivity contribution is -0.140. The Kier molecular flexibility index (Phi) is 5.18. The van der Waals surface area contributed by atoms with Crippen LogP contribution in [-0.2, 0) is 29.6 Å². The minimum absolute atomic E-state index is 0.00396. The Labute approximate surface area is 147 Å². The smallest absolute Gasteiger partial charge is 0.249 e. The lowest BCUT2D eigenvalue weighted by Crippen LogP contribution is -2.48. The number of hydrogen-bond donors (Lipinski definition) is 0. The van der Waals surface area contributed by atoms with Gasteiger partial charge in [-0.15, -0.1) is 0 Å². The largest absolute Gasteiger partial charge is 0.365 e. The third-order valence-corrected chi connectivity index (χ3v) is 4.95. The van der Waals surface area contributed by atoms with E-state index in [1.807, 2.05) is 18.0 Å². The SMILES string of the molecule is Cn1nccc1COCC(=O)N1CCCC1(C)Cc1ccc(F)cc1. The van der Waals surface area contributed by atoms with Gasteiger partial charge in [0.2, 0.25) is 5.91 Å². The Hall–Kier alpha value is -2.21. The van der Waals surface area contributed by atoms with Crippen molar-refractivity contribution in [1.82, 2.24) is 14.7 Å². The molecule has 6 heteroatoms. The first-order valence-corrected chi connectivity index (χ1v) is 8.57. The first-order chi connectivity index (χ1) is 12.0. The van der Waals surface area contributed by atoms with E-state index in [-0.39, 0.29) is 23.9 Å². The summed E-state index contributed by atoms with van der Waals surface area (Å²) in [6, 6.07) is 8.40. The molecule has 1 aliphatic heterocycles. The van der Waals surface area contributed by atoms with E-state index in [0.29, 0.717) is 6.61 Å². The van der Waals surface area contributed by atoms with E-state index in [0.717, 1.165) is 37.1 Å². The van der Waals surface area contributed by atoms with Crippen molar-refractivity contribution in [3.8, 4) is 0 Å². The van der Waals surface area contributed by atoms with Crippen LogP contribution < -0.4 is 0 Å². The minimum atomic E-state index is -0.245. The van der Waals surface area contributed by atoms with Gasteiger partial charge in [0.1, 0.15) is 12.4 Å². The Morgan fingerprint density at radius 2 is 2.08 bits per heavy atom. The van der Waals surface area contributed by atoms with Gasteiger partial charge in [0, 0.05) is 25.3 Å². The van der Waals surface area contributed by atoms with Gasteiger partial charge in [-0.1, -0.05) is 12.1 Å². The van der Waals surface area contributed by atoms with Crippen LogP contribution in [0.3, 0.4) is 0 Å². The summed E-state index contributed by atoms with van der Waals surface area (Å²) in [5.74, 6) is -0.235. The summed E-state index contributed by atoms with van der Waals surface area (Å²) in [7, 11) is 1.85. The summed E-state index contributed by atoms with van der Waals surface area (Å²) in [5.41, 5.74) is 1.73.